The summed E-state index contributed by atoms with van der Waals surface area (Å²) in [6.45, 7) is 3.64. The summed E-state index contributed by atoms with van der Waals surface area (Å²) in [7, 11) is 0. The summed E-state index contributed by atoms with van der Waals surface area (Å²) in [5, 5.41) is 14.6. The fourth-order valence-electron chi connectivity index (χ4n) is 0.664. The highest BCUT2D eigenvalue weighted by Crippen LogP contribution is 1.99. The van der Waals surface area contributed by atoms with Crippen LogP contribution in [0.1, 0.15) is 20.3 Å². The Morgan fingerprint density at radius 2 is 2.29 bits per heavy atom. The number of oxime groups is 1. The molecule has 0 aliphatic heterocycles. The van der Waals surface area contributed by atoms with Gasteiger partial charge in [0.05, 0.1) is 5.71 Å². The molecule has 0 saturated carbocycles. The number of nitrogens with one attached hydrogen (secondary N) is 1. The van der Waals surface area contributed by atoms with Gasteiger partial charge >= 0.3 is 5.97 Å². The molecule has 2 N–H and O–H groups in total. The van der Waals surface area contributed by atoms with Crippen LogP contribution in [0, 0.1) is 0 Å². The molecular formula is C8H14N2O4. The topological polar surface area (TPSA) is 88.0 Å². The Kier molecular flexibility index (Phi) is 6.09. The van der Waals surface area contributed by atoms with Crippen molar-refractivity contribution in [2.75, 3.05) is 6.54 Å². The first-order valence-electron chi connectivity index (χ1n) is 4.14. The normalized spacial score (nSPS) is 11.3. The number of carboxylic acid groups (broad SMARTS) is 1. The Morgan fingerprint density at radius 3 is 2.71 bits per heavy atom. The zero-order chi connectivity index (χ0) is 11.0. The molecule has 6 heteroatoms. The maximum Gasteiger partial charge on any atom is 0.347 e. The van der Waals surface area contributed by atoms with Gasteiger partial charge in [0.1, 0.15) is 0 Å². The van der Waals surface area contributed by atoms with Crippen molar-refractivity contribution in [2.45, 2.75) is 26.4 Å². The van der Waals surface area contributed by atoms with Crippen LogP contribution in [-0.2, 0) is 14.4 Å². The number of amides is 1. The van der Waals surface area contributed by atoms with E-state index in [4.69, 9.17) is 9.94 Å². The van der Waals surface area contributed by atoms with E-state index in [1.807, 2.05) is 0 Å². The van der Waals surface area contributed by atoms with Crippen molar-refractivity contribution < 1.29 is 19.5 Å². The third kappa shape index (κ3) is 5.99. The summed E-state index contributed by atoms with van der Waals surface area (Å²) < 4.78 is 0. The van der Waals surface area contributed by atoms with Gasteiger partial charge in [-0.05, 0) is 13.8 Å². The average molecular weight is 202 g/mol. The third-order valence-electron chi connectivity index (χ3n) is 1.27. The Labute approximate surface area is 81.9 Å². The lowest BCUT2D eigenvalue weighted by Crippen LogP contribution is -2.27. The molecule has 0 aromatic heterocycles. The van der Waals surface area contributed by atoms with E-state index >= 15 is 0 Å². The Hall–Kier alpha value is -1.59. The van der Waals surface area contributed by atoms with Crippen molar-refractivity contribution in [3.63, 3.8) is 0 Å². The average Bonchev–Trinajstić information content (AvgIpc) is 2.10. The van der Waals surface area contributed by atoms with Gasteiger partial charge in [-0.2, -0.15) is 0 Å². The molecule has 0 heterocycles. The van der Waals surface area contributed by atoms with Crippen molar-refractivity contribution >= 4 is 18.1 Å². The Bertz CT molecular complexity index is 223. The van der Waals surface area contributed by atoms with Gasteiger partial charge in [-0.3, -0.25) is 4.79 Å². The van der Waals surface area contributed by atoms with Crippen molar-refractivity contribution in [3.05, 3.63) is 0 Å². The van der Waals surface area contributed by atoms with Gasteiger partial charge in [-0.1, -0.05) is 5.16 Å². The third-order valence-corrected chi connectivity index (χ3v) is 1.27. The largest absolute Gasteiger partial charge is 0.478 e. The molecule has 14 heavy (non-hydrogen) atoms. The minimum atomic E-state index is -1.09. The highest BCUT2D eigenvalue weighted by molar-refractivity contribution is 5.78. The van der Waals surface area contributed by atoms with Crippen LogP contribution in [0.5, 0.6) is 0 Å². The molecule has 0 rings (SSSR count). The van der Waals surface area contributed by atoms with Crippen molar-refractivity contribution in [2.24, 2.45) is 5.16 Å². The van der Waals surface area contributed by atoms with Crippen molar-refractivity contribution in [1.82, 2.24) is 5.32 Å². The van der Waals surface area contributed by atoms with E-state index in [-0.39, 0.29) is 13.0 Å². The molecule has 80 valence electrons. The van der Waals surface area contributed by atoms with E-state index in [0.29, 0.717) is 12.1 Å². The molecule has 6 nitrogen and oxygen atoms in total. The SMILES string of the molecule is CC(C)=NOC(CCNC=O)C(=O)O. The van der Waals surface area contributed by atoms with E-state index in [0.717, 1.165) is 0 Å². The van der Waals surface area contributed by atoms with Gasteiger partial charge in [-0.25, -0.2) is 4.79 Å². The second kappa shape index (κ2) is 6.88. The number of carboxylic acids is 1. The van der Waals surface area contributed by atoms with Crippen LogP contribution in [0.4, 0.5) is 0 Å². The van der Waals surface area contributed by atoms with Crippen LogP contribution in [0.3, 0.4) is 0 Å². The fraction of sp³-hybridized carbons (Fsp3) is 0.625. The Balaban J connectivity index is 3.96. The molecule has 1 amide bonds. The van der Waals surface area contributed by atoms with Gasteiger partial charge in [0, 0.05) is 13.0 Å². The number of hydrogen-bond acceptors (Lipinski definition) is 4. The molecule has 1 unspecified atom stereocenters. The molecule has 0 saturated heterocycles. The van der Waals surface area contributed by atoms with Crippen molar-refractivity contribution in [1.29, 1.82) is 0 Å². The summed E-state index contributed by atoms with van der Waals surface area (Å²) in [5.74, 6) is -1.09. The summed E-state index contributed by atoms with van der Waals surface area (Å²) >= 11 is 0. The van der Waals surface area contributed by atoms with E-state index in [9.17, 15) is 9.59 Å². The van der Waals surface area contributed by atoms with Crippen molar-refractivity contribution in [3.8, 4) is 0 Å². The summed E-state index contributed by atoms with van der Waals surface area (Å²) in [6.07, 6.45) is -0.324. The zero-order valence-corrected chi connectivity index (χ0v) is 8.19. The second-order valence-corrected chi connectivity index (χ2v) is 2.83. The van der Waals surface area contributed by atoms with E-state index in [1.165, 1.54) is 0 Å². The second-order valence-electron chi connectivity index (χ2n) is 2.83. The lowest BCUT2D eigenvalue weighted by atomic mass is 10.2. The number of carbonyl (C=O) groups excluding carboxylic acids is 1. The van der Waals surface area contributed by atoms with Gasteiger partial charge in [0.2, 0.25) is 12.5 Å². The molecule has 0 radical (unpaired) electrons. The Morgan fingerprint density at radius 1 is 1.64 bits per heavy atom. The predicted octanol–water partition coefficient (Wildman–Crippen LogP) is -0.0119. The predicted molar refractivity (Wildman–Crippen MR) is 50.0 cm³/mol. The minimum Gasteiger partial charge on any atom is -0.478 e. The quantitative estimate of drug-likeness (QED) is 0.263. The number of nitrogens with zero attached hydrogens (tertiary/aromatic N) is 1. The minimum absolute atomic E-state index is 0.185. The summed E-state index contributed by atoms with van der Waals surface area (Å²) in [4.78, 5) is 25.2. The first-order valence-corrected chi connectivity index (χ1v) is 4.14. The number of rotatable bonds is 7. The van der Waals surface area contributed by atoms with Gasteiger partial charge < -0.3 is 15.3 Å². The fourth-order valence-corrected chi connectivity index (χ4v) is 0.664. The molecular weight excluding hydrogens is 188 g/mol. The summed E-state index contributed by atoms with van der Waals surface area (Å²) in [6, 6.07) is 0. The lowest BCUT2D eigenvalue weighted by Gasteiger charge is -2.09. The van der Waals surface area contributed by atoms with E-state index in [1.54, 1.807) is 13.8 Å². The summed E-state index contributed by atoms with van der Waals surface area (Å²) in [5.41, 5.74) is 0.639. The van der Waals surface area contributed by atoms with Crippen LogP contribution in [0.15, 0.2) is 5.16 Å². The van der Waals surface area contributed by atoms with Crippen LogP contribution < -0.4 is 5.32 Å². The van der Waals surface area contributed by atoms with Gasteiger partial charge in [0.15, 0.2) is 0 Å². The van der Waals surface area contributed by atoms with Crippen LogP contribution in [-0.4, -0.2) is 35.8 Å². The van der Waals surface area contributed by atoms with Gasteiger partial charge in [0.25, 0.3) is 0 Å². The first kappa shape index (κ1) is 12.4. The molecule has 0 aliphatic carbocycles. The monoisotopic (exact) mass is 202 g/mol. The van der Waals surface area contributed by atoms with Gasteiger partial charge in [-0.15, -0.1) is 0 Å². The number of aliphatic carboxylic acids is 1. The van der Waals surface area contributed by atoms with Crippen LogP contribution in [0.2, 0.25) is 0 Å². The standard InChI is InChI=1S/C8H14N2O4/c1-6(2)10-14-7(8(12)13)3-4-9-5-11/h5,7H,3-4H2,1-2H3,(H,9,11)(H,12,13). The number of hydrogen-bond donors (Lipinski definition) is 2. The molecule has 0 aliphatic rings. The molecule has 0 aromatic carbocycles. The molecule has 0 bridgehead atoms. The van der Waals surface area contributed by atoms with Crippen LogP contribution >= 0.6 is 0 Å². The highest BCUT2D eigenvalue weighted by Gasteiger charge is 2.18. The number of carbonyl (C=O) groups is 2. The maximum atomic E-state index is 10.6. The molecule has 0 fully saturated rings. The molecule has 0 aromatic rings. The van der Waals surface area contributed by atoms with Crippen LogP contribution in [0.25, 0.3) is 0 Å². The smallest absolute Gasteiger partial charge is 0.347 e. The first-order chi connectivity index (χ1) is 6.57. The molecule has 1 atom stereocenters. The molecule has 0 spiro atoms. The van der Waals surface area contributed by atoms with E-state index < -0.39 is 12.1 Å². The van der Waals surface area contributed by atoms with E-state index in [2.05, 4.69) is 10.5 Å². The zero-order valence-electron chi connectivity index (χ0n) is 8.19. The lowest BCUT2D eigenvalue weighted by molar-refractivity contribution is -0.150. The highest BCUT2D eigenvalue weighted by atomic mass is 16.6. The maximum absolute atomic E-state index is 10.6.